The van der Waals surface area contributed by atoms with Crippen LogP contribution in [-0.4, -0.2) is 36.1 Å². The average Bonchev–Trinajstić information content (AvgIpc) is 2.89. The smallest absolute Gasteiger partial charge is 0.170 e. The van der Waals surface area contributed by atoms with Crippen molar-refractivity contribution >= 4 is 17.6 Å². The highest BCUT2D eigenvalue weighted by molar-refractivity contribution is 7.99. The number of hydrogen-bond donors (Lipinski definition) is 2. The number of ether oxygens (including phenoxy) is 2. The normalized spacial score (nSPS) is 23.0. The molecule has 1 aliphatic rings. The predicted molar refractivity (Wildman–Crippen MR) is 80.6 cm³/mol. The van der Waals surface area contributed by atoms with Crippen molar-refractivity contribution in [3.63, 3.8) is 0 Å². The summed E-state index contributed by atoms with van der Waals surface area (Å²) < 4.78 is 10.9. The molecule has 2 rings (SSSR count). The average molecular weight is 296 g/mol. The van der Waals surface area contributed by atoms with Gasteiger partial charge in [-0.2, -0.15) is 11.8 Å². The summed E-state index contributed by atoms with van der Waals surface area (Å²) in [6.45, 7) is 2.94. The van der Waals surface area contributed by atoms with Crippen molar-refractivity contribution in [2.24, 2.45) is 10.9 Å². The molecule has 0 amide bonds. The fourth-order valence-electron chi connectivity index (χ4n) is 2.24. The van der Waals surface area contributed by atoms with Gasteiger partial charge >= 0.3 is 0 Å². The molecule has 110 valence electrons. The molecule has 1 aromatic rings. The molecular weight excluding hydrogens is 276 g/mol. The van der Waals surface area contributed by atoms with Gasteiger partial charge in [-0.3, -0.25) is 0 Å². The summed E-state index contributed by atoms with van der Waals surface area (Å²) in [7, 11) is 1.65. The fourth-order valence-corrected chi connectivity index (χ4v) is 3.47. The molecule has 5 nitrogen and oxygen atoms in total. The summed E-state index contributed by atoms with van der Waals surface area (Å²) >= 11 is 1.85. The molecule has 2 atom stereocenters. The number of methoxy groups -OCH3 is 1. The number of nitrogens with two attached hydrogens (primary N) is 1. The van der Waals surface area contributed by atoms with Gasteiger partial charge in [0.05, 0.1) is 13.2 Å². The SMILES string of the molecule is COc1ccc(/C(N)=N/O)cc1CSC1CCOC1C. The summed E-state index contributed by atoms with van der Waals surface area (Å²) in [5.74, 6) is 1.74. The van der Waals surface area contributed by atoms with E-state index in [1.807, 2.05) is 23.9 Å². The molecule has 1 heterocycles. The van der Waals surface area contributed by atoms with E-state index in [1.54, 1.807) is 13.2 Å². The molecule has 0 aromatic heterocycles. The van der Waals surface area contributed by atoms with E-state index >= 15 is 0 Å². The third-order valence-corrected chi connectivity index (χ3v) is 4.97. The summed E-state index contributed by atoms with van der Waals surface area (Å²) in [6, 6.07) is 5.53. The van der Waals surface area contributed by atoms with Crippen LogP contribution in [0.2, 0.25) is 0 Å². The Morgan fingerprint density at radius 1 is 1.60 bits per heavy atom. The van der Waals surface area contributed by atoms with Crippen LogP contribution in [0, 0.1) is 0 Å². The molecule has 1 saturated heterocycles. The fraction of sp³-hybridized carbons (Fsp3) is 0.500. The Hall–Kier alpha value is -1.40. The second-order valence-corrected chi connectivity index (χ2v) is 5.95. The van der Waals surface area contributed by atoms with Gasteiger partial charge in [0.25, 0.3) is 0 Å². The van der Waals surface area contributed by atoms with Crippen molar-refractivity contribution in [2.75, 3.05) is 13.7 Å². The standard InChI is InChI=1S/C14H20N2O3S/c1-9-13(5-6-19-9)20-8-11-7-10(14(15)16-17)3-4-12(11)18-2/h3-4,7,9,13,17H,5-6,8H2,1-2H3,(H2,15,16). The minimum Gasteiger partial charge on any atom is -0.496 e. The zero-order valence-electron chi connectivity index (χ0n) is 11.7. The lowest BCUT2D eigenvalue weighted by Crippen LogP contribution is -2.15. The van der Waals surface area contributed by atoms with Crippen LogP contribution < -0.4 is 10.5 Å². The molecule has 2 unspecified atom stereocenters. The first-order chi connectivity index (χ1) is 9.65. The number of oxime groups is 1. The molecule has 0 bridgehead atoms. The zero-order chi connectivity index (χ0) is 14.5. The summed E-state index contributed by atoms with van der Waals surface area (Å²) in [5, 5.41) is 12.3. The third-order valence-electron chi connectivity index (χ3n) is 3.44. The molecule has 0 aliphatic carbocycles. The molecular formula is C14H20N2O3S. The minimum atomic E-state index is 0.108. The van der Waals surface area contributed by atoms with Crippen molar-refractivity contribution in [3.8, 4) is 5.75 Å². The van der Waals surface area contributed by atoms with Crippen LogP contribution in [0.3, 0.4) is 0 Å². The number of rotatable bonds is 5. The van der Waals surface area contributed by atoms with Crippen molar-refractivity contribution in [1.82, 2.24) is 0 Å². The number of hydrogen-bond acceptors (Lipinski definition) is 5. The zero-order valence-corrected chi connectivity index (χ0v) is 12.5. The lowest BCUT2D eigenvalue weighted by atomic mass is 10.1. The Morgan fingerprint density at radius 2 is 2.40 bits per heavy atom. The van der Waals surface area contributed by atoms with Gasteiger partial charge in [-0.25, -0.2) is 0 Å². The van der Waals surface area contributed by atoms with Gasteiger partial charge in [-0.1, -0.05) is 5.16 Å². The van der Waals surface area contributed by atoms with Gasteiger partial charge < -0.3 is 20.4 Å². The van der Waals surface area contributed by atoms with E-state index in [1.165, 1.54) is 0 Å². The lowest BCUT2D eigenvalue weighted by molar-refractivity contribution is 0.127. The Kier molecular flexibility index (Phi) is 5.14. The molecule has 3 N–H and O–H groups in total. The molecule has 0 radical (unpaired) electrons. The van der Waals surface area contributed by atoms with Gasteiger partial charge in [0.1, 0.15) is 5.75 Å². The number of benzene rings is 1. The highest BCUT2D eigenvalue weighted by Gasteiger charge is 2.24. The first kappa shape index (κ1) is 15.0. The molecule has 1 fully saturated rings. The number of thioether (sulfide) groups is 1. The van der Waals surface area contributed by atoms with E-state index < -0.39 is 0 Å². The van der Waals surface area contributed by atoms with Crippen LogP contribution in [0.5, 0.6) is 5.75 Å². The molecule has 1 aliphatic heterocycles. The van der Waals surface area contributed by atoms with Crippen LogP contribution in [0.15, 0.2) is 23.4 Å². The maximum absolute atomic E-state index is 8.75. The Labute approximate surface area is 123 Å². The van der Waals surface area contributed by atoms with Crippen molar-refractivity contribution in [1.29, 1.82) is 0 Å². The quantitative estimate of drug-likeness (QED) is 0.377. The second-order valence-electron chi connectivity index (χ2n) is 4.73. The van der Waals surface area contributed by atoms with Gasteiger partial charge in [-0.05, 0) is 31.5 Å². The van der Waals surface area contributed by atoms with Crippen molar-refractivity contribution < 1.29 is 14.7 Å². The van der Waals surface area contributed by atoms with Crippen LogP contribution in [0.1, 0.15) is 24.5 Å². The molecule has 1 aromatic carbocycles. The van der Waals surface area contributed by atoms with E-state index in [0.717, 1.165) is 30.1 Å². The molecule has 20 heavy (non-hydrogen) atoms. The Morgan fingerprint density at radius 3 is 3.00 bits per heavy atom. The van der Waals surface area contributed by atoms with Crippen LogP contribution in [0.25, 0.3) is 0 Å². The van der Waals surface area contributed by atoms with E-state index in [2.05, 4.69) is 12.1 Å². The van der Waals surface area contributed by atoms with Gasteiger partial charge in [0.2, 0.25) is 0 Å². The summed E-state index contributed by atoms with van der Waals surface area (Å²) in [6.07, 6.45) is 1.37. The third kappa shape index (κ3) is 3.37. The summed E-state index contributed by atoms with van der Waals surface area (Å²) in [5.41, 5.74) is 7.36. The van der Waals surface area contributed by atoms with E-state index in [-0.39, 0.29) is 5.84 Å². The van der Waals surface area contributed by atoms with Crippen LogP contribution in [-0.2, 0) is 10.5 Å². The minimum absolute atomic E-state index is 0.108. The van der Waals surface area contributed by atoms with E-state index in [4.69, 9.17) is 20.4 Å². The highest BCUT2D eigenvalue weighted by Crippen LogP contribution is 2.32. The number of amidine groups is 1. The van der Waals surface area contributed by atoms with Gasteiger partial charge in [0.15, 0.2) is 5.84 Å². The van der Waals surface area contributed by atoms with E-state index in [9.17, 15) is 0 Å². The Bertz CT molecular complexity index is 493. The Balaban J connectivity index is 2.12. The van der Waals surface area contributed by atoms with E-state index in [0.29, 0.717) is 16.9 Å². The summed E-state index contributed by atoms with van der Waals surface area (Å²) in [4.78, 5) is 0. The molecule has 0 spiro atoms. The predicted octanol–water partition coefficient (Wildman–Crippen LogP) is 2.20. The number of nitrogens with zero attached hydrogens (tertiary/aromatic N) is 1. The largest absolute Gasteiger partial charge is 0.496 e. The first-order valence-corrected chi connectivity index (χ1v) is 7.58. The second kappa shape index (κ2) is 6.85. The van der Waals surface area contributed by atoms with Crippen LogP contribution in [0.4, 0.5) is 0 Å². The first-order valence-electron chi connectivity index (χ1n) is 6.53. The highest BCUT2D eigenvalue weighted by atomic mass is 32.2. The van der Waals surface area contributed by atoms with Gasteiger partial charge in [-0.15, -0.1) is 0 Å². The van der Waals surface area contributed by atoms with Crippen molar-refractivity contribution in [3.05, 3.63) is 29.3 Å². The monoisotopic (exact) mass is 296 g/mol. The molecule has 0 saturated carbocycles. The maximum atomic E-state index is 8.75. The maximum Gasteiger partial charge on any atom is 0.170 e. The topological polar surface area (TPSA) is 77.1 Å². The lowest BCUT2D eigenvalue weighted by Gasteiger charge is -2.15. The van der Waals surface area contributed by atoms with Crippen LogP contribution >= 0.6 is 11.8 Å². The van der Waals surface area contributed by atoms with Crippen molar-refractivity contribution in [2.45, 2.75) is 30.5 Å². The van der Waals surface area contributed by atoms with Gasteiger partial charge in [0, 0.05) is 28.7 Å². The molecule has 6 heteroatoms.